The fraction of sp³-hybridized carbons (Fsp3) is 0.429. The van der Waals surface area contributed by atoms with Crippen molar-refractivity contribution in [1.29, 1.82) is 0 Å². The number of sulfonamides is 1. The molecular weight excluding hydrogens is 392 g/mol. The van der Waals surface area contributed by atoms with Crippen LogP contribution in [0.2, 0.25) is 0 Å². The molecule has 0 saturated heterocycles. The summed E-state index contributed by atoms with van der Waals surface area (Å²) in [5.41, 5.74) is -0.243. The van der Waals surface area contributed by atoms with E-state index in [0.29, 0.717) is 23.9 Å². The van der Waals surface area contributed by atoms with Crippen LogP contribution in [-0.4, -0.2) is 24.9 Å². The first kappa shape index (κ1) is 18.1. The Balaban J connectivity index is 1.49. The predicted molar refractivity (Wildman–Crippen MR) is 113 cm³/mol. The topological polar surface area (TPSA) is 76.1 Å². The number of carbonyl (C=O) groups is 1. The maximum absolute atomic E-state index is 13.0. The summed E-state index contributed by atoms with van der Waals surface area (Å²) in [6.45, 7) is 4.10. The Morgan fingerprint density at radius 3 is 2.71 bits per heavy atom. The number of rotatable bonds is 4. The summed E-state index contributed by atoms with van der Waals surface area (Å²) in [5.74, 6) is 0.248. The number of Topliss-reactive ketones (excluding diaryl/α,β-unsaturated/α-hetero) is 1. The third kappa shape index (κ3) is 2.45. The number of nitrogens with one attached hydrogen (secondary N) is 1. The van der Waals surface area contributed by atoms with Gasteiger partial charge in [0.05, 0.1) is 21.4 Å². The highest BCUT2D eigenvalue weighted by molar-refractivity contribution is 7.93. The maximum atomic E-state index is 13.0. The predicted octanol–water partition coefficient (Wildman–Crippen LogP) is 4.59. The zero-order valence-corrected chi connectivity index (χ0v) is 17.5. The molecule has 2 atom stereocenters. The van der Waals surface area contributed by atoms with Crippen LogP contribution in [0.25, 0.3) is 21.0 Å². The van der Waals surface area contributed by atoms with Crippen molar-refractivity contribution in [1.82, 2.24) is 4.98 Å². The molecular formula is C21H22N2O3S2. The molecule has 3 aromatic rings. The third-order valence-corrected chi connectivity index (χ3v) is 9.54. The van der Waals surface area contributed by atoms with Gasteiger partial charge in [-0.05, 0) is 35.6 Å². The molecule has 2 aromatic carbocycles. The molecule has 5 rings (SSSR count). The Bertz CT molecular complexity index is 1230. The average molecular weight is 415 g/mol. The molecule has 0 unspecified atom stereocenters. The summed E-state index contributed by atoms with van der Waals surface area (Å²) in [7, 11) is -3.69. The Morgan fingerprint density at radius 1 is 1.21 bits per heavy atom. The summed E-state index contributed by atoms with van der Waals surface area (Å²) in [6, 6.07) is 11.9. The monoisotopic (exact) mass is 414 g/mol. The second-order valence-electron chi connectivity index (χ2n) is 8.68. The molecule has 2 aliphatic rings. The number of nitrogens with zero attached hydrogens (tertiary/aromatic N) is 1. The van der Waals surface area contributed by atoms with Gasteiger partial charge < -0.3 is 0 Å². The van der Waals surface area contributed by atoms with Crippen LogP contribution in [0.3, 0.4) is 0 Å². The number of hydrogen-bond donors (Lipinski definition) is 1. The summed E-state index contributed by atoms with van der Waals surface area (Å²) in [5, 5.41) is 2.44. The molecule has 0 radical (unpaired) electrons. The number of thiazole rings is 1. The van der Waals surface area contributed by atoms with Crippen molar-refractivity contribution < 1.29 is 13.2 Å². The molecule has 1 aromatic heterocycles. The zero-order chi connectivity index (χ0) is 19.7. The van der Waals surface area contributed by atoms with Crippen LogP contribution in [0.1, 0.15) is 33.1 Å². The Labute approximate surface area is 168 Å². The van der Waals surface area contributed by atoms with Crippen LogP contribution in [0.15, 0.2) is 36.4 Å². The van der Waals surface area contributed by atoms with Crippen LogP contribution in [-0.2, 0) is 14.8 Å². The quantitative estimate of drug-likeness (QED) is 0.678. The lowest BCUT2D eigenvalue weighted by molar-refractivity contribution is -0.128. The summed E-state index contributed by atoms with van der Waals surface area (Å²) in [4.78, 5) is 17.2. The van der Waals surface area contributed by atoms with E-state index in [-0.39, 0.29) is 17.0 Å². The van der Waals surface area contributed by atoms with E-state index in [0.717, 1.165) is 27.4 Å². The Morgan fingerprint density at radius 2 is 2.00 bits per heavy atom. The number of anilines is 1. The Hall–Kier alpha value is -1.99. The molecule has 1 N–H and O–H groups in total. The first-order chi connectivity index (χ1) is 13.2. The minimum atomic E-state index is -3.69. The van der Waals surface area contributed by atoms with Gasteiger partial charge in [-0.3, -0.25) is 9.52 Å². The third-order valence-electron chi connectivity index (χ3n) is 7.10. The van der Waals surface area contributed by atoms with Gasteiger partial charge in [-0.25, -0.2) is 13.4 Å². The van der Waals surface area contributed by atoms with Crippen LogP contribution in [0, 0.1) is 16.7 Å². The SMILES string of the molecule is CC1(C)[C@H]2CC[C@@]1(CS(=O)(=O)Nc1nc3c(ccc4ccccc43)s1)C(=O)C2. The molecule has 2 aliphatic carbocycles. The smallest absolute Gasteiger partial charge is 0.235 e. The van der Waals surface area contributed by atoms with E-state index < -0.39 is 15.4 Å². The van der Waals surface area contributed by atoms with Crippen LogP contribution in [0.4, 0.5) is 5.13 Å². The molecule has 146 valence electrons. The van der Waals surface area contributed by atoms with Crippen molar-refractivity contribution in [3.05, 3.63) is 36.4 Å². The minimum Gasteiger partial charge on any atom is -0.299 e. The van der Waals surface area contributed by atoms with E-state index in [1.807, 2.05) is 36.4 Å². The second-order valence-corrected chi connectivity index (χ2v) is 11.4. The van der Waals surface area contributed by atoms with Gasteiger partial charge in [-0.15, -0.1) is 0 Å². The normalized spacial score (nSPS) is 26.4. The molecule has 2 fully saturated rings. The lowest BCUT2D eigenvalue weighted by Gasteiger charge is -2.35. The molecule has 28 heavy (non-hydrogen) atoms. The molecule has 0 aliphatic heterocycles. The average Bonchev–Trinajstić information content (AvgIpc) is 3.19. The standard InChI is InChI=1S/C21H22N2O3S2/c1-20(2)14-9-10-21(20,17(24)11-14)12-28(25,26)23-19-22-18-15-6-4-3-5-13(15)7-8-16(18)27-19/h3-8,14H,9-12H2,1-2H3,(H,22,23)/t14-,21+/m0/s1. The Kier molecular flexibility index (Phi) is 3.72. The maximum Gasteiger partial charge on any atom is 0.235 e. The van der Waals surface area contributed by atoms with Gasteiger partial charge in [0, 0.05) is 11.8 Å². The first-order valence-electron chi connectivity index (χ1n) is 9.54. The molecule has 2 bridgehead atoms. The van der Waals surface area contributed by atoms with E-state index in [2.05, 4.69) is 23.6 Å². The fourth-order valence-corrected chi connectivity index (χ4v) is 8.30. The molecule has 2 saturated carbocycles. The number of fused-ring (bicyclic) bond motifs is 5. The summed E-state index contributed by atoms with van der Waals surface area (Å²) < 4.78 is 29.6. The van der Waals surface area contributed by atoms with Crippen LogP contribution < -0.4 is 4.72 Å². The van der Waals surface area contributed by atoms with Crippen molar-refractivity contribution in [3.63, 3.8) is 0 Å². The molecule has 7 heteroatoms. The van der Waals surface area contributed by atoms with Gasteiger partial charge >= 0.3 is 0 Å². The lowest BCUT2D eigenvalue weighted by atomic mass is 9.70. The number of carbonyl (C=O) groups excluding carboxylic acids is 1. The van der Waals surface area contributed by atoms with Crippen molar-refractivity contribution >= 4 is 53.3 Å². The van der Waals surface area contributed by atoms with Crippen molar-refractivity contribution in [2.45, 2.75) is 33.1 Å². The van der Waals surface area contributed by atoms with Crippen LogP contribution in [0.5, 0.6) is 0 Å². The minimum absolute atomic E-state index is 0.106. The number of ketones is 1. The molecule has 0 spiro atoms. The molecule has 5 nitrogen and oxygen atoms in total. The summed E-state index contributed by atoms with van der Waals surface area (Å²) in [6.07, 6.45) is 2.10. The van der Waals surface area contributed by atoms with E-state index in [1.165, 1.54) is 11.3 Å². The fourth-order valence-electron chi connectivity index (χ4n) is 5.31. The van der Waals surface area contributed by atoms with Crippen LogP contribution >= 0.6 is 11.3 Å². The van der Waals surface area contributed by atoms with Gasteiger partial charge in [0.25, 0.3) is 0 Å². The number of benzene rings is 2. The molecule has 1 heterocycles. The largest absolute Gasteiger partial charge is 0.299 e. The number of hydrogen-bond acceptors (Lipinski definition) is 5. The van der Waals surface area contributed by atoms with Gasteiger partial charge in [-0.2, -0.15) is 0 Å². The highest BCUT2D eigenvalue weighted by atomic mass is 32.2. The second kappa shape index (κ2) is 5.76. The van der Waals surface area contributed by atoms with Crippen molar-refractivity contribution in [2.24, 2.45) is 16.7 Å². The highest BCUT2D eigenvalue weighted by Crippen LogP contribution is 2.64. The van der Waals surface area contributed by atoms with E-state index in [1.54, 1.807) is 0 Å². The van der Waals surface area contributed by atoms with Gasteiger partial charge in [-0.1, -0.05) is 55.5 Å². The van der Waals surface area contributed by atoms with E-state index in [4.69, 9.17) is 0 Å². The highest BCUT2D eigenvalue weighted by Gasteiger charge is 2.65. The van der Waals surface area contributed by atoms with Gasteiger partial charge in [0.1, 0.15) is 5.78 Å². The van der Waals surface area contributed by atoms with Gasteiger partial charge in [0.2, 0.25) is 10.0 Å². The first-order valence-corrected chi connectivity index (χ1v) is 12.0. The lowest BCUT2D eigenvalue weighted by Crippen LogP contribution is -2.43. The van der Waals surface area contributed by atoms with E-state index in [9.17, 15) is 13.2 Å². The van der Waals surface area contributed by atoms with Crippen molar-refractivity contribution in [3.8, 4) is 0 Å². The van der Waals surface area contributed by atoms with Gasteiger partial charge in [0.15, 0.2) is 5.13 Å². The summed E-state index contributed by atoms with van der Waals surface area (Å²) >= 11 is 1.33. The zero-order valence-electron chi connectivity index (χ0n) is 15.9. The van der Waals surface area contributed by atoms with Crippen molar-refractivity contribution in [2.75, 3.05) is 10.5 Å². The molecule has 0 amide bonds. The number of aromatic nitrogens is 1. The van der Waals surface area contributed by atoms with E-state index >= 15 is 0 Å².